The molecule has 2 aromatic heterocycles. The van der Waals surface area contributed by atoms with E-state index in [1.54, 1.807) is 19.9 Å². The van der Waals surface area contributed by atoms with Crippen LogP contribution in [0.25, 0.3) is 0 Å². The van der Waals surface area contributed by atoms with Crippen molar-refractivity contribution >= 4 is 40.1 Å². The molecule has 2 heterocycles. The van der Waals surface area contributed by atoms with E-state index in [2.05, 4.69) is 20.3 Å². The van der Waals surface area contributed by atoms with E-state index in [0.29, 0.717) is 20.7 Å². The summed E-state index contributed by atoms with van der Waals surface area (Å²) in [4.78, 5) is 45.2. The first-order valence-corrected chi connectivity index (χ1v) is 8.42. The maximum Gasteiger partial charge on any atom is 0.350 e. The first kappa shape index (κ1) is 17.2. The summed E-state index contributed by atoms with van der Waals surface area (Å²) in [5.74, 6) is -0.656. The number of H-pyrrole nitrogens is 1. The fraction of sp³-hybridized carbons (Fsp3) is 0.308. The van der Waals surface area contributed by atoms with E-state index >= 15 is 0 Å². The molecule has 0 saturated heterocycles. The van der Waals surface area contributed by atoms with E-state index in [4.69, 9.17) is 4.74 Å². The SMILES string of the molecule is CCOC(=O)c1sc(NC(=O)CSc2ccnc(=O)[nH]2)nc1C. The van der Waals surface area contributed by atoms with Crippen molar-refractivity contribution in [2.24, 2.45) is 0 Å². The molecule has 23 heavy (non-hydrogen) atoms. The standard InChI is InChI=1S/C13H14N4O4S2/c1-3-21-11(19)10-7(2)15-13(23-10)16-8(18)6-22-9-4-5-14-12(20)17-9/h4-5H,3,6H2,1-2H3,(H,14,17,20)(H,15,16,18). The van der Waals surface area contributed by atoms with Gasteiger partial charge in [-0.3, -0.25) is 4.79 Å². The summed E-state index contributed by atoms with van der Waals surface area (Å²) in [6, 6.07) is 1.60. The zero-order valence-corrected chi connectivity index (χ0v) is 14.0. The zero-order valence-electron chi connectivity index (χ0n) is 12.4. The van der Waals surface area contributed by atoms with Crippen molar-refractivity contribution in [2.75, 3.05) is 17.7 Å². The molecule has 2 rings (SSSR count). The van der Waals surface area contributed by atoms with Crippen LogP contribution in [0.1, 0.15) is 22.3 Å². The van der Waals surface area contributed by atoms with Crippen molar-refractivity contribution < 1.29 is 14.3 Å². The predicted octanol–water partition coefficient (Wildman–Crippen LogP) is 1.44. The van der Waals surface area contributed by atoms with Crippen LogP contribution in [0, 0.1) is 6.92 Å². The van der Waals surface area contributed by atoms with Crippen LogP contribution in [0.15, 0.2) is 22.1 Å². The topological polar surface area (TPSA) is 114 Å². The summed E-state index contributed by atoms with van der Waals surface area (Å²) < 4.78 is 4.92. The lowest BCUT2D eigenvalue weighted by molar-refractivity contribution is -0.113. The Balaban J connectivity index is 1.94. The number of hydrogen-bond acceptors (Lipinski definition) is 8. The molecule has 0 fully saturated rings. The van der Waals surface area contributed by atoms with Gasteiger partial charge in [-0.1, -0.05) is 23.1 Å². The third-order valence-electron chi connectivity index (χ3n) is 2.51. The molecule has 1 amide bonds. The number of esters is 1. The highest BCUT2D eigenvalue weighted by Gasteiger charge is 2.17. The average molecular weight is 354 g/mol. The van der Waals surface area contributed by atoms with Crippen LogP contribution in [-0.2, 0) is 9.53 Å². The number of thioether (sulfide) groups is 1. The summed E-state index contributed by atoms with van der Waals surface area (Å²) in [6.45, 7) is 3.67. The average Bonchev–Trinajstić information content (AvgIpc) is 2.86. The van der Waals surface area contributed by atoms with E-state index in [-0.39, 0.29) is 18.3 Å². The minimum Gasteiger partial charge on any atom is -0.462 e. The van der Waals surface area contributed by atoms with E-state index in [0.717, 1.165) is 23.1 Å². The van der Waals surface area contributed by atoms with Gasteiger partial charge >= 0.3 is 11.7 Å². The molecule has 0 unspecified atom stereocenters. The number of nitrogens with zero attached hydrogens (tertiary/aromatic N) is 2. The fourth-order valence-electron chi connectivity index (χ4n) is 1.57. The van der Waals surface area contributed by atoms with Gasteiger partial charge in [0.2, 0.25) is 5.91 Å². The largest absolute Gasteiger partial charge is 0.462 e. The number of aryl methyl sites for hydroxylation is 1. The Morgan fingerprint density at radius 3 is 2.96 bits per heavy atom. The van der Waals surface area contributed by atoms with Crippen molar-refractivity contribution in [3.05, 3.63) is 33.3 Å². The lowest BCUT2D eigenvalue weighted by Crippen LogP contribution is -2.15. The quantitative estimate of drug-likeness (QED) is 0.458. The molecule has 0 bridgehead atoms. The number of nitrogens with one attached hydrogen (secondary N) is 2. The Labute approximate surface area is 139 Å². The Morgan fingerprint density at radius 1 is 1.48 bits per heavy atom. The summed E-state index contributed by atoms with van der Waals surface area (Å²) >= 11 is 2.23. The molecule has 0 aromatic carbocycles. The molecule has 10 heteroatoms. The first-order valence-electron chi connectivity index (χ1n) is 6.62. The second-order valence-corrected chi connectivity index (χ2v) is 6.25. The Morgan fingerprint density at radius 2 is 2.26 bits per heavy atom. The van der Waals surface area contributed by atoms with Crippen molar-refractivity contribution in [3.8, 4) is 0 Å². The van der Waals surface area contributed by atoms with Gasteiger partial charge in [-0.25, -0.2) is 19.6 Å². The second-order valence-electron chi connectivity index (χ2n) is 4.23. The summed E-state index contributed by atoms with van der Waals surface area (Å²) in [6.07, 6.45) is 1.37. The molecule has 0 aliphatic rings. The third kappa shape index (κ3) is 4.89. The number of carbonyl (C=O) groups excluding carboxylic acids is 2. The van der Waals surface area contributed by atoms with Crippen molar-refractivity contribution in [1.82, 2.24) is 15.0 Å². The van der Waals surface area contributed by atoms with E-state index < -0.39 is 11.7 Å². The number of aromatic amines is 1. The predicted molar refractivity (Wildman–Crippen MR) is 87.0 cm³/mol. The van der Waals surface area contributed by atoms with Crippen LogP contribution in [0.5, 0.6) is 0 Å². The molecule has 0 aliphatic heterocycles. The molecule has 2 aromatic rings. The summed E-state index contributed by atoms with van der Waals surface area (Å²) in [5, 5.41) is 3.49. The van der Waals surface area contributed by atoms with Crippen LogP contribution in [0.4, 0.5) is 5.13 Å². The minimum absolute atomic E-state index is 0.0906. The number of rotatable bonds is 6. The molecule has 122 valence electrons. The number of ether oxygens (including phenoxy) is 1. The van der Waals surface area contributed by atoms with Gasteiger partial charge in [-0.15, -0.1) is 0 Å². The van der Waals surface area contributed by atoms with E-state index in [1.807, 2.05) is 0 Å². The molecular formula is C13H14N4O4S2. The number of hydrogen-bond donors (Lipinski definition) is 2. The van der Waals surface area contributed by atoms with Crippen molar-refractivity contribution in [2.45, 2.75) is 18.9 Å². The summed E-state index contributed by atoms with van der Waals surface area (Å²) in [5.41, 5.74) is 0.0416. The molecule has 0 atom stereocenters. The Bertz CT molecular complexity index is 771. The van der Waals surface area contributed by atoms with Gasteiger partial charge in [0, 0.05) is 6.20 Å². The van der Waals surface area contributed by atoms with Gasteiger partial charge in [-0.2, -0.15) is 0 Å². The molecule has 2 N–H and O–H groups in total. The third-order valence-corrected chi connectivity index (χ3v) is 4.52. The number of anilines is 1. The Hall–Kier alpha value is -2.20. The number of thiazole rings is 1. The Kier molecular flexibility index (Phi) is 5.88. The van der Waals surface area contributed by atoms with Gasteiger partial charge in [0.05, 0.1) is 23.1 Å². The van der Waals surface area contributed by atoms with Crippen molar-refractivity contribution in [1.29, 1.82) is 0 Å². The zero-order chi connectivity index (χ0) is 16.8. The first-order chi connectivity index (χ1) is 11.0. The lowest BCUT2D eigenvalue weighted by Gasteiger charge is -2.01. The highest BCUT2D eigenvalue weighted by atomic mass is 32.2. The highest BCUT2D eigenvalue weighted by Crippen LogP contribution is 2.24. The monoisotopic (exact) mass is 354 g/mol. The second kappa shape index (κ2) is 7.88. The summed E-state index contributed by atoms with van der Waals surface area (Å²) in [7, 11) is 0. The van der Waals surface area contributed by atoms with E-state index in [9.17, 15) is 14.4 Å². The minimum atomic E-state index is -0.468. The molecule has 0 saturated carbocycles. The lowest BCUT2D eigenvalue weighted by atomic mass is 10.4. The van der Waals surface area contributed by atoms with Crippen LogP contribution in [0.3, 0.4) is 0 Å². The number of carbonyl (C=O) groups is 2. The highest BCUT2D eigenvalue weighted by molar-refractivity contribution is 7.99. The van der Waals surface area contributed by atoms with Crippen molar-refractivity contribution in [3.63, 3.8) is 0 Å². The molecule has 0 radical (unpaired) electrons. The molecule has 0 aliphatic carbocycles. The molecule has 8 nitrogen and oxygen atoms in total. The molecule has 0 spiro atoms. The molecular weight excluding hydrogens is 340 g/mol. The van der Waals surface area contributed by atoms with Gasteiger partial charge in [0.25, 0.3) is 0 Å². The van der Waals surface area contributed by atoms with Gasteiger partial charge in [0.15, 0.2) is 5.13 Å². The van der Waals surface area contributed by atoms with Crippen LogP contribution >= 0.6 is 23.1 Å². The van der Waals surface area contributed by atoms with Crippen LogP contribution in [-0.4, -0.2) is 39.2 Å². The van der Waals surface area contributed by atoms with E-state index in [1.165, 1.54) is 6.20 Å². The van der Waals surface area contributed by atoms with Crippen LogP contribution in [0.2, 0.25) is 0 Å². The fourth-order valence-corrected chi connectivity index (χ4v) is 3.12. The van der Waals surface area contributed by atoms with Gasteiger partial charge in [0.1, 0.15) is 4.88 Å². The maximum atomic E-state index is 11.9. The van der Waals surface area contributed by atoms with Crippen LogP contribution < -0.4 is 11.0 Å². The van der Waals surface area contributed by atoms with Gasteiger partial charge < -0.3 is 15.0 Å². The smallest absolute Gasteiger partial charge is 0.350 e. The maximum absolute atomic E-state index is 11.9. The number of aromatic nitrogens is 3. The number of amides is 1. The van der Waals surface area contributed by atoms with Gasteiger partial charge in [-0.05, 0) is 19.9 Å². The normalized spacial score (nSPS) is 10.3.